The number of aromatic hydroxyl groups is 1. The first-order valence-corrected chi connectivity index (χ1v) is 23.2. The quantitative estimate of drug-likeness (QED) is 0.0470. The van der Waals surface area contributed by atoms with Gasteiger partial charge in [0.25, 0.3) is 8.32 Å². The predicted molar refractivity (Wildman–Crippen MR) is 236 cm³/mol. The summed E-state index contributed by atoms with van der Waals surface area (Å²) in [5.41, 5.74) is -0.532. The summed E-state index contributed by atoms with van der Waals surface area (Å²) in [5.74, 6) is -6.07. The van der Waals surface area contributed by atoms with E-state index >= 15 is 0 Å². The highest BCUT2D eigenvalue weighted by Gasteiger charge is 2.58. The molecule has 4 atom stereocenters. The van der Waals surface area contributed by atoms with Crippen LogP contribution in [0.5, 0.6) is 5.75 Å². The zero-order chi connectivity index (χ0) is 46.5. The second-order valence-electron chi connectivity index (χ2n) is 17.8. The van der Waals surface area contributed by atoms with Crippen LogP contribution in [0.4, 0.5) is 36.4 Å². The lowest BCUT2D eigenvalue weighted by molar-refractivity contribution is -0.143. The molecule has 2 aliphatic heterocycles. The molecule has 0 spiro atoms. The first-order valence-electron chi connectivity index (χ1n) is 21.3. The Hall–Kier alpha value is -5.83. The number of anilines is 1. The van der Waals surface area contributed by atoms with E-state index in [2.05, 4.69) is 20.8 Å². The minimum Gasteiger partial charge on any atom is -0.505 e. The highest BCUT2D eigenvalue weighted by Crippen LogP contribution is 2.52. The number of phenols is 1. The maximum Gasteiger partial charge on any atom is 0.416 e. The number of phenolic OH excluding ortho intramolecular Hbond substituents is 1. The number of imide groups is 1. The summed E-state index contributed by atoms with van der Waals surface area (Å²) in [5, 5.41) is 11.4. The van der Waals surface area contributed by atoms with Crippen molar-refractivity contribution in [2.75, 3.05) is 18.1 Å². The fraction of sp³-hybridized carbons (Fsp3) is 0.294. The Labute approximate surface area is 373 Å². The number of benzene rings is 5. The maximum absolute atomic E-state index is 14.5. The third kappa shape index (κ3) is 8.83. The van der Waals surface area contributed by atoms with Crippen LogP contribution in [0.3, 0.4) is 0 Å². The molecule has 5 aromatic rings. The Balaban J connectivity index is 1.22. The zero-order valence-corrected chi connectivity index (χ0v) is 36.7. The SMILES string of the molecule is CC(C)(C)[Si](OCC1=C2[C@@H](CC/C(=C/c3ccc(O)c(F)c3)c3ccccc3)OC[C@@H]2[C@@H]2C(=O)N(c3cc(C(F)(F)F)cc(C(F)(F)F)c3)C(=O)[C@@H]2C1)(c1ccccc1)c1ccccc1. The molecule has 0 aromatic heterocycles. The molecule has 0 unspecified atom stereocenters. The summed E-state index contributed by atoms with van der Waals surface area (Å²) in [7, 11) is -3.22. The van der Waals surface area contributed by atoms with E-state index in [1.165, 1.54) is 12.1 Å². The fourth-order valence-electron chi connectivity index (χ4n) is 9.94. The molecule has 0 bridgehead atoms. The van der Waals surface area contributed by atoms with Crippen LogP contribution in [0.25, 0.3) is 11.6 Å². The molecule has 2 amide bonds. The smallest absolute Gasteiger partial charge is 0.416 e. The summed E-state index contributed by atoms with van der Waals surface area (Å²) in [6, 6.07) is 34.0. The average molecular weight is 914 g/mol. The largest absolute Gasteiger partial charge is 0.505 e. The Morgan fingerprint density at radius 1 is 0.769 bits per heavy atom. The predicted octanol–water partition coefficient (Wildman–Crippen LogP) is 11.0. The molecule has 0 radical (unpaired) electrons. The van der Waals surface area contributed by atoms with Gasteiger partial charge in [0.15, 0.2) is 11.6 Å². The zero-order valence-electron chi connectivity index (χ0n) is 35.7. The molecule has 1 aliphatic carbocycles. The molecule has 3 aliphatic rings. The van der Waals surface area contributed by atoms with Crippen molar-refractivity contribution in [3.05, 3.63) is 167 Å². The number of amides is 2. The van der Waals surface area contributed by atoms with Gasteiger partial charge in [0.1, 0.15) is 0 Å². The molecular weight excluding hydrogens is 868 g/mol. The summed E-state index contributed by atoms with van der Waals surface area (Å²) in [6.07, 6.45) is -8.55. The normalized spacial score (nSPS) is 20.6. The molecule has 8 rings (SSSR count). The van der Waals surface area contributed by atoms with Crippen molar-refractivity contribution in [2.24, 2.45) is 17.8 Å². The Morgan fingerprint density at radius 3 is 1.88 bits per heavy atom. The summed E-state index contributed by atoms with van der Waals surface area (Å²) in [6.45, 7) is 6.28. The van der Waals surface area contributed by atoms with Gasteiger partial charge in [0.2, 0.25) is 11.8 Å². The lowest BCUT2D eigenvalue weighted by Gasteiger charge is -2.44. The molecule has 14 heteroatoms. The molecule has 5 aromatic carbocycles. The van der Waals surface area contributed by atoms with Crippen molar-refractivity contribution < 1.29 is 54.6 Å². The van der Waals surface area contributed by atoms with E-state index in [9.17, 15) is 45.4 Å². The van der Waals surface area contributed by atoms with Crippen LogP contribution >= 0.6 is 0 Å². The third-order valence-corrected chi connectivity index (χ3v) is 17.8. The van der Waals surface area contributed by atoms with Gasteiger partial charge in [-0.15, -0.1) is 0 Å². The van der Waals surface area contributed by atoms with Crippen molar-refractivity contribution in [1.29, 1.82) is 0 Å². The van der Waals surface area contributed by atoms with Crippen molar-refractivity contribution in [2.45, 2.75) is 63.5 Å². The molecule has 2 heterocycles. The van der Waals surface area contributed by atoms with E-state index in [1.807, 2.05) is 97.1 Å². The van der Waals surface area contributed by atoms with Crippen molar-refractivity contribution in [1.82, 2.24) is 0 Å². The highest BCUT2D eigenvalue weighted by atomic mass is 28.4. The van der Waals surface area contributed by atoms with Crippen LogP contribution < -0.4 is 15.3 Å². The number of carbonyl (C=O) groups is 2. The first kappa shape index (κ1) is 45.7. The van der Waals surface area contributed by atoms with Gasteiger partial charge < -0.3 is 14.3 Å². The van der Waals surface area contributed by atoms with Crippen molar-refractivity contribution in [3.63, 3.8) is 0 Å². The van der Waals surface area contributed by atoms with Gasteiger partial charge >= 0.3 is 12.4 Å². The molecule has 1 N–H and O–H groups in total. The number of nitrogens with zero attached hydrogens (tertiary/aromatic N) is 1. The monoisotopic (exact) mass is 913 g/mol. The summed E-state index contributed by atoms with van der Waals surface area (Å²) >= 11 is 0. The van der Waals surface area contributed by atoms with E-state index in [1.54, 1.807) is 6.07 Å². The van der Waals surface area contributed by atoms with E-state index < -0.39 is 89.8 Å². The summed E-state index contributed by atoms with van der Waals surface area (Å²) < 4.78 is 113. The topological polar surface area (TPSA) is 76.1 Å². The lowest BCUT2D eigenvalue weighted by atomic mass is 9.69. The average Bonchev–Trinajstić information content (AvgIpc) is 3.80. The van der Waals surface area contributed by atoms with Gasteiger partial charge in [-0.3, -0.25) is 9.59 Å². The molecule has 0 saturated carbocycles. The molecule has 2 saturated heterocycles. The van der Waals surface area contributed by atoms with Gasteiger partial charge in [0, 0.05) is 5.92 Å². The first-order chi connectivity index (χ1) is 30.8. The van der Waals surface area contributed by atoms with Crippen molar-refractivity contribution >= 4 is 47.8 Å². The second-order valence-corrected chi connectivity index (χ2v) is 22.1. The molecular formula is C51H46F7NO5Si. The van der Waals surface area contributed by atoms with Gasteiger partial charge in [-0.2, -0.15) is 26.3 Å². The fourth-order valence-corrected chi connectivity index (χ4v) is 14.5. The lowest BCUT2D eigenvalue weighted by Crippen LogP contribution is -2.66. The highest BCUT2D eigenvalue weighted by molar-refractivity contribution is 6.99. The third-order valence-electron chi connectivity index (χ3n) is 12.9. The van der Waals surface area contributed by atoms with Gasteiger partial charge in [0.05, 0.1) is 48.0 Å². The minimum absolute atomic E-state index is 0.000385. The molecule has 2 fully saturated rings. The number of ether oxygens (including phenoxy) is 1. The van der Waals surface area contributed by atoms with Gasteiger partial charge in [-0.05, 0) is 92.9 Å². The number of halogens is 7. The van der Waals surface area contributed by atoms with E-state index in [0.717, 1.165) is 27.1 Å². The minimum atomic E-state index is -5.20. The number of allylic oxidation sites excluding steroid dienone is 1. The van der Waals surface area contributed by atoms with Crippen LogP contribution in [0.15, 0.2) is 139 Å². The van der Waals surface area contributed by atoms with E-state index in [4.69, 9.17) is 9.16 Å². The number of fused-ring (bicyclic) bond motifs is 3. The van der Waals surface area contributed by atoms with Crippen molar-refractivity contribution in [3.8, 4) is 5.75 Å². The second kappa shape index (κ2) is 17.5. The maximum atomic E-state index is 14.5. The number of rotatable bonds is 11. The molecule has 65 heavy (non-hydrogen) atoms. The van der Waals surface area contributed by atoms with Crippen LogP contribution in [0.2, 0.25) is 5.04 Å². The van der Waals surface area contributed by atoms with Crippen LogP contribution in [-0.4, -0.2) is 44.6 Å². The van der Waals surface area contributed by atoms with E-state index in [-0.39, 0.29) is 25.7 Å². The Kier molecular flexibility index (Phi) is 12.3. The van der Waals surface area contributed by atoms with Gasteiger partial charge in [-0.25, -0.2) is 9.29 Å². The Bertz CT molecular complexity index is 2570. The van der Waals surface area contributed by atoms with Crippen LogP contribution in [0.1, 0.15) is 62.3 Å². The number of alkyl halides is 6. The summed E-state index contributed by atoms with van der Waals surface area (Å²) in [4.78, 5) is 29.5. The van der Waals surface area contributed by atoms with Crippen LogP contribution in [-0.2, 0) is 31.1 Å². The molecule has 6 nitrogen and oxygen atoms in total. The standard InChI is InChI=1S/C51H46F7NO5Si/c1-49(2,3)65(38-15-9-5-10-16-38,39-17-11-6-12-18-39)64-29-34-25-40-46(48(62)59(47(40)61)37-27-35(50(53,54)55)26-36(28-37)51(56,57)58)41-30-63-44(45(34)41)22-20-33(32-13-7-4-8-14-32)23-31-19-21-43(60)42(52)24-31/h4-19,21,23-24,26-28,40-41,44,46,60H,20,22,25,29-30H2,1-3H3/b33-23-/t40-,41+,44-,46-/m1/s1. The number of hydrogen-bond acceptors (Lipinski definition) is 5. The van der Waals surface area contributed by atoms with Gasteiger partial charge in [-0.1, -0.05) is 124 Å². The number of hydrogen-bond donors (Lipinski definition) is 1. The molecule has 338 valence electrons. The van der Waals surface area contributed by atoms with Crippen LogP contribution in [0, 0.1) is 23.6 Å². The van der Waals surface area contributed by atoms with E-state index in [0.29, 0.717) is 41.0 Å². The number of carbonyl (C=O) groups excluding carboxylic acids is 2. The Morgan fingerprint density at radius 2 is 1.34 bits per heavy atom.